The van der Waals surface area contributed by atoms with Crippen LogP contribution in [0.2, 0.25) is 0 Å². The molecule has 5 heteroatoms. The lowest BCUT2D eigenvalue weighted by molar-refractivity contribution is -0.130. The molecular weight excluding hydrogens is 261 g/mol. The molecule has 1 aromatic carbocycles. The summed E-state index contributed by atoms with van der Waals surface area (Å²) in [4.78, 5) is 13.3. The van der Waals surface area contributed by atoms with E-state index in [1.54, 1.807) is 6.07 Å². The molecule has 1 aromatic rings. The smallest absolute Gasteiger partial charge is 0.336 e. The van der Waals surface area contributed by atoms with Crippen LogP contribution in [-0.2, 0) is 11.3 Å². The average Bonchev–Trinajstić information content (AvgIpc) is 2.28. The van der Waals surface area contributed by atoms with E-state index in [1.165, 1.54) is 6.07 Å². The Hall–Kier alpha value is -1.46. The van der Waals surface area contributed by atoms with Crippen molar-refractivity contribution in [3.63, 3.8) is 0 Å². The van der Waals surface area contributed by atoms with Gasteiger partial charge in [-0.05, 0) is 38.5 Å². The first kappa shape index (κ1) is 14.9. The summed E-state index contributed by atoms with van der Waals surface area (Å²) in [6, 6.07) is 3.93. The molecule has 1 atom stereocenters. The van der Waals surface area contributed by atoms with Crippen LogP contribution in [0.3, 0.4) is 0 Å². The van der Waals surface area contributed by atoms with Gasteiger partial charge < -0.3 is 9.84 Å². The third-order valence-corrected chi connectivity index (χ3v) is 3.34. The van der Waals surface area contributed by atoms with E-state index in [9.17, 15) is 9.18 Å². The van der Waals surface area contributed by atoms with Crippen LogP contribution < -0.4 is 0 Å². The van der Waals surface area contributed by atoms with Crippen molar-refractivity contribution in [2.24, 2.45) is 0 Å². The normalized spacial score (nSPS) is 22.7. The van der Waals surface area contributed by atoms with Crippen molar-refractivity contribution in [2.45, 2.75) is 39.0 Å². The number of halogens is 1. The van der Waals surface area contributed by atoms with Gasteiger partial charge in [-0.25, -0.2) is 9.18 Å². The van der Waals surface area contributed by atoms with Crippen LogP contribution >= 0.6 is 0 Å². The summed E-state index contributed by atoms with van der Waals surface area (Å²) < 4.78 is 19.0. The lowest BCUT2D eigenvalue weighted by atomic mass is 10.0. The Bertz CT molecular complexity index is 516. The van der Waals surface area contributed by atoms with E-state index in [-0.39, 0.29) is 17.3 Å². The van der Waals surface area contributed by atoms with Crippen LogP contribution in [0.25, 0.3) is 0 Å². The standard InChI is InChI=1S/C15H20FNO3/c1-10-7-17(9-15(2,3)20-10)8-11-4-5-12(16)6-13(11)14(18)19/h4-6,10H,7-9H2,1-3H3,(H,18,19). The van der Waals surface area contributed by atoms with Crippen molar-refractivity contribution in [3.8, 4) is 0 Å². The Kier molecular flexibility index (Phi) is 4.11. The van der Waals surface area contributed by atoms with Crippen molar-refractivity contribution in [1.29, 1.82) is 0 Å². The molecule has 0 spiro atoms. The van der Waals surface area contributed by atoms with E-state index in [1.807, 2.05) is 20.8 Å². The number of hydrogen-bond donors (Lipinski definition) is 1. The summed E-state index contributed by atoms with van der Waals surface area (Å²) >= 11 is 0. The molecule has 1 saturated heterocycles. The van der Waals surface area contributed by atoms with Crippen LogP contribution in [0.4, 0.5) is 4.39 Å². The van der Waals surface area contributed by atoms with Gasteiger partial charge in [-0.1, -0.05) is 6.07 Å². The van der Waals surface area contributed by atoms with Gasteiger partial charge in [0.2, 0.25) is 0 Å². The highest BCUT2D eigenvalue weighted by atomic mass is 19.1. The van der Waals surface area contributed by atoms with Gasteiger partial charge in [-0.2, -0.15) is 0 Å². The third-order valence-electron chi connectivity index (χ3n) is 3.34. The Labute approximate surface area is 118 Å². The maximum Gasteiger partial charge on any atom is 0.336 e. The number of aromatic carboxylic acids is 1. The van der Waals surface area contributed by atoms with Crippen molar-refractivity contribution < 1.29 is 19.0 Å². The topological polar surface area (TPSA) is 49.8 Å². The molecular formula is C15H20FNO3. The molecule has 0 amide bonds. The van der Waals surface area contributed by atoms with Crippen LogP contribution in [0.1, 0.15) is 36.7 Å². The molecule has 1 aliphatic heterocycles. The number of carboxylic acid groups (broad SMARTS) is 1. The highest BCUT2D eigenvalue weighted by molar-refractivity contribution is 5.89. The van der Waals surface area contributed by atoms with Crippen molar-refractivity contribution in [3.05, 3.63) is 35.1 Å². The van der Waals surface area contributed by atoms with E-state index >= 15 is 0 Å². The molecule has 1 heterocycles. The summed E-state index contributed by atoms with van der Waals surface area (Å²) in [5, 5.41) is 9.16. The molecule has 1 unspecified atom stereocenters. The Morgan fingerprint density at radius 2 is 2.25 bits per heavy atom. The minimum atomic E-state index is -1.10. The highest BCUT2D eigenvalue weighted by Crippen LogP contribution is 2.23. The van der Waals surface area contributed by atoms with Gasteiger partial charge in [0.25, 0.3) is 0 Å². The fourth-order valence-electron chi connectivity index (χ4n) is 2.83. The molecule has 20 heavy (non-hydrogen) atoms. The summed E-state index contributed by atoms with van der Waals surface area (Å²) in [7, 11) is 0. The lowest BCUT2D eigenvalue weighted by Gasteiger charge is -2.41. The molecule has 110 valence electrons. The largest absolute Gasteiger partial charge is 0.478 e. The number of hydrogen-bond acceptors (Lipinski definition) is 3. The molecule has 1 fully saturated rings. The number of ether oxygens (including phenoxy) is 1. The first-order valence-corrected chi connectivity index (χ1v) is 6.69. The minimum Gasteiger partial charge on any atom is -0.478 e. The second-order valence-corrected chi connectivity index (χ2v) is 5.96. The second kappa shape index (κ2) is 5.50. The minimum absolute atomic E-state index is 0.0296. The number of morpholine rings is 1. The zero-order valence-corrected chi connectivity index (χ0v) is 12.0. The van der Waals surface area contributed by atoms with Crippen molar-refractivity contribution in [2.75, 3.05) is 13.1 Å². The molecule has 4 nitrogen and oxygen atoms in total. The molecule has 0 aliphatic carbocycles. The number of benzene rings is 1. The summed E-state index contributed by atoms with van der Waals surface area (Å²) in [6.45, 7) is 7.96. The monoisotopic (exact) mass is 281 g/mol. The second-order valence-electron chi connectivity index (χ2n) is 5.96. The zero-order valence-electron chi connectivity index (χ0n) is 12.0. The fraction of sp³-hybridized carbons (Fsp3) is 0.533. The summed E-state index contributed by atoms with van der Waals surface area (Å²) in [5.74, 6) is -1.62. The zero-order chi connectivity index (χ0) is 14.9. The quantitative estimate of drug-likeness (QED) is 0.925. The Balaban J connectivity index is 2.19. The van der Waals surface area contributed by atoms with Crippen LogP contribution in [-0.4, -0.2) is 40.8 Å². The summed E-state index contributed by atoms with van der Waals surface area (Å²) in [5.41, 5.74) is 0.395. The predicted octanol–water partition coefficient (Wildman–Crippen LogP) is 2.52. The summed E-state index contributed by atoms with van der Waals surface area (Å²) in [6.07, 6.45) is 0.0903. The van der Waals surface area contributed by atoms with E-state index in [0.29, 0.717) is 18.7 Å². The van der Waals surface area contributed by atoms with Gasteiger partial charge in [0, 0.05) is 19.6 Å². The van der Waals surface area contributed by atoms with Gasteiger partial charge in [0.1, 0.15) is 5.82 Å². The van der Waals surface area contributed by atoms with Gasteiger partial charge in [-0.15, -0.1) is 0 Å². The average molecular weight is 281 g/mol. The maximum atomic E-state index is 13.2. The van der Waals surface area contributed by atoms with Gasteiger partial charge in [-0.3, -0.25) is 4.90 Å². The number of nitrogens with zero attached hydrogens (tertiary/aromatic N) is 1. The molecule has 0 bridgehead atoms. The van der Waals surface area contributed by atoms with E-state index in [2.05, 4.69) is 4.90 Å². The molecule has 1 N–H and O–H groups in total. The number of carbonyl (C=O) groups is 1. The Morgan fingerprint density at radius 1 is 1.55 bits per heavy atom. The highest BCUT2D eigenvalue weighted by Gasteiger charge is 2.31. The predicted molar refractivity (Wildman–Crippen MR) is 73.3 cm³/mol. The van der Waals surface area contributed by atoms with E-state index in [4.69, 9.17) is 9.84 Å². The third kappa shape index (κ3) is 3.55. The van der Waals surface area contributed by atoms with E-state index < -0.39 is 11.8 Å². The van der Waals surface area contributed by atoms with Gasteiger partial charge in [0.15, 0.2) is 0 Å². The van der Waals surface area contributed by atoms with Crippen molar-refractivity contribution in [1.82, 2.24) is 4.90 Å². The van der Waals surface area contributed by atoms with Gasteiger partial charge >= 0.3 is 5.97 Å². The number of rotatable bonds is 3. The molecule has 0 saturated carbocycles. The lowest BCUT2D eigenvalue weighted by Crippen LogP contribution is -2.51. The molecule has 0 aromatic heterocycles. The molecule has 1 aliphatic rings. The molecule has 2 rings (SSSR count). The fourth-order valence-corrected chi connectivity index (χ4v) is 2.83. The SMILES string of the molecule is CC1CN(Cc2ccc(F)cc2C(=O)O)CC(C)(C)O1. The number of carboxylic acids is 1. The first-order chi connectivity index (χ1) is 9.27. The van der Waals surface area contributed by atoms with Crippen LogP contribution in [0.15, 0.2) is 18.2 Å². The van der Waals surface area contributed by atoms with Crippen LogP contribution in [0, 0.1) is 5.82 Å². The van der Waals surface area contributed by atoms with Gasteiger partial charge in [0.05, 0.1) is 17.3 Å². The van der Waals surface area contributed by atoms with Crippen LogP contribution in [0.5, 0.6) is 0 Å². The first-order valence-electron chi connectivity index (χ1n) is 6.69. The van der Waals surface area contributed by atoms with E-state index in [0.717, 1.165) is 12.6 Å². The molecule has 0 radical (unpaired) electrons. The maximum absolute atomic E-state index is 13.2. The Morgan fingerprint density at radius 3 is 2.85 bits per heavy atom. The van der Waals surface area contributed by atoms with Crippen molar-refractivity contribution >= 4 is 5.97 Å².